The molecule has 0 aliphatic carbocycles. The predicted octanol–water partition coefficient (Wildman–Crippen LogP) is 6.07. The number of nitro benzene ring substituents is 1. The molecule has 0 spiro atoms. The lowest BCUT2D eigenvalue weighted by Crippen LogP contribution is -2.29. The molecule has 1 atom stereocenters. The zero-order chi connectivity index (χ0) is 30.2. The van der Waals surface area contributed by atoms with Crippen molar-refractivity contribution < 1.29 is 24.0 Å². The minimum atomic E-state index is -0.787. The maximum absolute atomic E-state index is 13.4. The van der Waals surface area contributed by atoms with Gasteiger partial charge >= 0.3 is 5.97 Å². The summed E-state index contributed by atoms with van der Waals surface area (Å²) in [4.78, 5) is 37.1. The number of methoxy groups -OCH3 is 1. The molecule has 4 rings (SSSR count). The number of nitro groups is 1. The monoisotopic (exact) mass is 604 g/mol. The van der Waals surface area contributed by atoms with E-state index in [2.05, 4.69) is 16.7 Å². The second kappa shape index (κ2) is 13.7. The average Bonchev–Trinajstić information content (AvgIpc) is 2.99. The van der Waals surface area contributed by atoms with E-state index in [-0.39, 0.29) is 40.6 Å². The second-order valence-electron chi connectivity index (χ2n) is 9.04. The number of ether oxygens (including phenoxy) is 2. The van der Waals surface area contributed by atoms with Crippen LogP contribution in [0.5, 0.6) is 5.75 Å². The largest absolute Gasteiger partial charge is 0.496 e. The van der Waals surface area contributed by atoms with Crippen molar-refractivity contribution >= 4 is 46.6 Å². The van der Waals surface area contributed by atoms with E-state index in [0.29, 0.717) is 21.3 Å². The van der Waals surface area contributed by atoms with Gasteiger partial charge in [-0.2, -0.15) is 5.26 Å². The third-order valence-electron chi connectivity index (χ3n) is 6.31. The Morgan fingerprint density at radius 2 is 1.86 bits per heavy atom. The minimum Gasteiger partial charge on any atom is -0.496 e. The number of amides is 1. The van der Waals surface area contributed by atoms with Crippen LogP contribution in [0, 0.1) is 21.4 Å². The standard InChI is InChI=1S/C30H25ClN4O6S/c1-18-27(30(37)41-16-19-6-4-3-5-7-19)28(20-8-10-21(31)11-9-20)23(15-32)29(33-18)42-17-26(36)34-24-13-12-22(40-2)14-25(24)35(38)39/h3-14,28,33H,16-17H2,1-2H3,(H,34,36). The lowest BCUT2D eigenvalue weighted by Gasteiger charge is -2.29. The van der Waals surface area contributed by atoms with Crippen LogP contribution in [-0.2, 0) is 20.9 Å². The van der Waals surface area contributed by atoms with E-state index in [9.17, 15) is 25.0 Å². The van der Waals surface area contributed by atoms with Crippen LogP contribution in [0.4, 0.5) is 11.4 Å². The first-order valence-electron chi connectivity index (χ1n) is 12.6. The number of nitrogens with zero attached hydrogens (tertiary/aromatic N) is 2. The molecule has 1 amide bonds. The number of dihydropyridines is 1. The summed E-state index contributed by atoms with van der Waals surface area (Å²) in [7, 11) is 1.38. The molecule has 1 heterocycles. The van der Waals surface area contributed by atoms with Crippen LogP contribution >= 0.6 is 23.4 Å². The Morgan fingerprint density at radius 3 is 2.50 bits per heavy atom. The number of carbonyl (C=O) groups is 2. The fourth-order valence-corrected chi connectivity index (χ4v) is 5.32. The van der Waals surface area contributed by atoms with Gasteiger partial charge in [0.2, 0.25) is 5.91 Å². The van der Waals surface area contributed by atoms with Crippen LogP contribution in [0.15, 0.2) is 94.7 Å². The van der Waals surface area contributed by atoms with Crippen molar-refractivity contribution in [2.45, 2.75) is 19.4 Å². The minimum absolute atomic E-state index is 0.0102. The summed E-state index contributed by atoms with van der Waals surface area (Å²) in [6.45, 7) is 1.74. The molecule has 12 heteroatoms. The van der Waals surface area contributed by atoms with Gasteiger partial charge in [0.05, 0.1) is 52.0 Å². The zero-order valence-electron chi connectivity index (χ0n) is 22.5. The van der Waals surface area contributed by atoms with Crippen molar-refractivity contribution in [1.29, 1.82) is 5.26 Å². The molecule has 1 aliphatic heterocycles. The van der Waals surface area contributed by atoms with Crippen molar-refractivity contribution in [3.8, 4) is 11.8 Å². The number of thioether (sulfide) groups is 1. The van der Waals surface area contributed by atoms with Gasteiger partial charge in [-0.1, -0.05) is 65.8 Å². The molecule has 214 valence electrons. The Balaban J connectivity index is 1.58. The van der Waals surface area contributed by atoms with E-state index in [1.165, 1.54) is 25.3 Å². The molecule has 0 fully saturated rings. The van der Waals surface area contributed by atoms with Crippen molar-refractivity contribution in [1.82, 2.24) is 5.32 Å². The maximum Gasteiger partial charge on any atom is 0.337 e. The van der Waals surface area contributed by atoms with Crippen LogP contribution in [0.1, 0.15) is 24.0 Å². The molecule has 0 saturated heterocycles. The van der Waals surface area contributed by atoms with Crippen molar-refractivity contribution in [3.05, 3.63) is 121 Å². The highest BCUT2D eigenvalue weighted by Crippen LogP contribution is 2.41. The average molecular weight is 605 g/mol. The van der Waals surface area contributed by atoms with Gasteiger partial charge < -0.3 is 20.1 Å². The molecule has 42 heavy (non-hydrogen) atoms. The van der Waals surface area contributed by atoms with Gasteiger partial charge in [0.1, 0.15) is 18.0 Å². The Kier molecular flexibility index (Phi) is 9.85. The van der Waals surface area contributed by atoms with E-state index in [0.717, 1.165) is 17.3 Å². The first-order valence-corrected chi connectivity index (χ1v) is 13.9. The summed E-state index contributed by atoms with van der Waals surface area (Å²) < 4.78 is 10.7. The number of hydrogen-bond acceptors (Lipinski definition) is 9. The number of esters is 1. The summed E-state index contributed by atoms with van der Waals surface area (Å²) >= 11 is 7.14. The van der Waals surface area contributed by atoms with Crippen LogP contribution in [0.25, 0.3) is 0 Å². The molecule has 1 aliphatic rings. The van der Waals surface area contributed by atoms with Crippen molar-refractivity contribution in [3.63, 3.8) is 0 Å². The third kappa shape index (κ3) is 7.09. The molecular weight excluding hydrogens is 580 g/mol. The van der Waals surface area contributed by atoms with E-state index >= 15 is 0 Å². The lowest BCUT2D eigenvalue weighted by molar-refractivity contribution is -0.384. The van der Waals surface area contributed by atoms with Gasteiger partial charge in [0.15, 0.2) is 0 Å². The maximum atomic E-state index is 13.4. The number of benzene rings is 3. The van der Waals surface area contributed by atoms with E-state index in [4.69, 9.17) is 21.1 Å². The smallest absolute Gasteiger partial charge is 0.337 e. The third-order valence-corrected chi connectivity index (χ3v) is 7.58. The Bertz CT molecular complexity index is 1620. The summed E-state index contributed by atoms with van der Waals surface area (Å²) in [6.07, 6.45) is 0. The molecular formula is C30H25ClN4O6S. The quantitative estimate of drug-likeness (QED) is 0.160. The summed E-state index contributed by atoms with van der Waals surface area (Å²) in [6, 6.07) is 22.3. The fraction of sp³-hybridized carbons (Fsp3) is 0.167. The van der Waals surface area contributed by atoms with Crippen LogP contribution in [-0.4, -0.2) is 29.7 Å². The van der Waals surface area contributed by atoms with Gasteiger partial charge in [-0.3, -0.25) is 14.9 Å². The molecule has 0 aromatic heterocycles. The van der Waals surface area contributed by atoms with E-state index < -0.39 is 22.7 Å². The molecule has 1 unspecified atom stereocenters. The van der Waals surface area contributed by atoms with E-state index in [1.54, 1.807) is 31.2 Å². The fourth-order valence-electron chi connectivity index (χ4n) is 4.31. The first-order chi connectivity index (χ1) is 20.2. The summed E-state index contributed by atoms with van der Waals surface area (Å²) in [5.41, 5.74) is 2.07. The van der Waals surface area contributed by atoms with Crippen molar-refractivity contribution in [2.75, 3.05) is 18.2 Å². The molecule has 0 saturated carbocycles. The van der Waals surface area contributed by atoms with Crippen molar-refractivity contribution in [2.24, 2.45) is 0 Å². The van der Waals surface area contributed by atoms with Gasteiger partial charge in [-0.15, -0.1) is 0 Å². The number of allylic oxidation sites excluding steroid dienone is 2. The van der Waals surface area contributed by atoms with Crippen LogP contribution in [0.2, 0.25) is 5.02 Å². The molecule has 10 nitrogen and oxygen atoms in total. The van der Waals surface area contributed by atoms with Crippen LogP contribution < -0.4 is 15.4 Å². The number of carbonyl (C=O) groups excluding carboxylic acids is 2. The molecule has 3 aromatic rings. The Morgan fingerprint density at radius 1 is 1.14 bits per heavy atom. The number of rotatable bonds is 10. The number of nitriles is 1. The summed E-state index contributed by atoms with van der Waals surface area (Å²) in [5, 5.41) is 28.2. The topological polar surface area (TPSA) is 144 Å². The molecule has 0 bridgehead atoms. The first kappa shape index (κ1) is 30.2. The zero-order valence-corrected chi connectivity index (χ0v) is 24.1. The number of nitrogens with one attached hydrogen (secondary N) is 2. The van der Waals surface area contributed by atoms with E-state index in [1.807, 2.05) is 30.3 Å². The number of hydrogen-bond donors (Lipinski definition) is 2. The number of halogens is 1. The lowest BCUT2D eigenvalue weighted by atomic mass is 9.82. The van der Waals surface area contributed by atoms with Gasteiger partial charge in [-0.25, -0.2) is 4.79 Å². The van der Waals surface area contributed by atoms with Crippen LogP contribution in [0.3, 0.4) is 0 Å². The number of anilines is 1. The van der Waals surface area contributed by atoms with Gasteiger partial charge in [0, 0.05) is 10.7 Å². The highest BCUT2D eigenvalue weighted by atomic mass is 35.5. The predicted molar refractivity (Wildman–Crippen MR) is 160 cm³/mol. The molecule has 3 aromatic carbocycles. The SMILES string of the molecule is COc1ccc(NC(=O)CSC2=C(C#N)C(c3ccc(Cl)cc3)C(C(=O)OCc3ccccc3)=C(C)N2)c([N+](=O)[O-])c1. The summed E-state index contributed by atoms with van der Waals surface area (Å²) in [5.74, 6) is -1.81. The highest BCUT2D eigenvalue weighted by molar-refractivity contribution is 8.03. The normalized spacial score (nSPS) is 14.5. The van der Waals surface area contributed by atoms with Gasteiger partial charge in [0.25, 0.3) is 5.69 Å². The van der Waals surface area contributed by atoms with Gasteiger partial charge in [-0.05, 0) is 42.3 Å². The Labute approximate surface area is 251 Å². The molecule has 2 N–H and O–H groups in total. The second-order valence-corrected chi connectivity index (χ2v) is 10.5. The Hall–Kier alpha value is -4.79. The highest BCUT2D eigenvalue weighted by Gasteiger charge is 2.36. The molecule has 0 radical (unpaired) electrons.